The van der Waals surface area contributed by atoms with Crippen LogP contribution in [0, 0.1) is 30.9 Å². The maximum atomic E-state index is 12.1. The fourth-order valence-electron chi connectivity index (χ4n) is 2.47. The molecular weight excluding hydrogens is 310 g/mol. The van der Waals surface area contributed by atoms with Gasteiger partial charge in [0.05, 0.1) is 4.92 Å². The van der Waals surface area contributed by atoms with Crippen molar-refractivity contribution in [2.75, 3.05) is 10.6 Å². The molecule has 124 valence electrons. The van der Waals surface area contributed by atoms with Gasteiger partial charge in [-0.2, -0.15) is 0 Å². The highest BCUT2D eigenvalue weighted by molar-refractivity contribution is 6.44. The molecule has 2 amide bonds. The van der Waals surface area contributed by atoms with Crippen molar-refractivity contribution in [2.45, 2.75) is 20.8 Å². The van der Waals surface area contributed by atoms with Crippen molar-refractivity contribution >= 4 is 28.9 Å². The van der Waals surface area contributed by atoms with Crippen molar-refractivity contribution in [2.24, 2.45) is 0 Å². The van der Waals surface area contributed by atoms with Crippen molar-refractivity contribution < 1.29 is 14.5 Å². The van der Waals surface area contributed by atoms with Crippen LogP contribution in [0.25, 0.3) is 0 Å². The number of nitro benzene ring substituents is 1. The molecule has 2 N–H and O–H groups in total. The van der Waals surface area contributed by atoms with Gasteiger partial charge in [0.1, 0.15) is 5.69 Å². The zero-order valence-electron chi connectivity index (χ0n) is 13.5. The number of rotatable bonds is 3. The average molecular weight is 327 g/mol. The molecule has 0 saturated heterocycles. The van der Waals surface area contributed by atoms with Crippen molar-refractivity contribution in [3.63, 3.8) is 0 Å². The first-order chi connectivity index (χ1) is 11.3. The number of carbonyl (C=O) groups excluding carboxylic acids is 2. The lowest BCUT2D eigenvalue weighted by atomic mass is 10.1. The molecule has 2 aromatic carbocycles. The molecule has 0 aromatic heterocycles. The van der Waals surface area contributed by atoms with E-state index in [0.29, 0.717) is 5.69 Å². The summed E-state index contributed by atoms with van der Waals surface area (Å²) in [5, 5.41) is 15.8. The summed E-state index contributed by atoms with van der Waals surface area (Å²) in [7, 11) is 0. The number of nitrogens with zero attached hydrogens (tertiary/aromatic N) is 1. The summed E-state index contributed by atoms with van der Waals surface area (Å²) >= 11 is 0. The Balaban J connectivity index is 2.17. The Bertz CT molecular complexity index is 807. The molecule has 7 nitrogen and oxygen atoms in total. The summed E-state index contributed by atoms with van der Waals surface area (Å²) in [5.41, 5.74) is 2.97. The zero-order valence-corrected chi connectivity index (χ0v) is 13.5. The van der Waals surface area contributed by atoms with Gasteiger partial charge < -0.3 is 10.6 Å². The maximum absolute atomic E-state index is 12.1. The Hall–Kier alpha value is -3.22. The van der Waals surface area contributed by atoms with Gasteiger partial charge in [0.15, 0.2) is 0 Å². The second-order valence-electron chi connectivity index (χ2n) is 5.46. The summed E-state index contributed by atoms with van der Waals surface area (Å²) in [5.74, 6) is -1.85. The van der Waals surface area contributed by atoms with Crippen molar-refractivity contribution in [3.05, 3.63) is 63.2 Å². The third-order valence-corrected chi connectivity index (χ3v) is 3.47. The summed E-state index contributed by atoms with van der Waals surface area (Å²) in [6, 6.07) is 9.42. The van der Waals surface area contributed by atoms with Gasteiger partial charge >= 0.3 is 11.8 Å². The van der Waals surface area contributed by atoms with Gasteiger partial charge in [0.25, 0.3) is 5.69 Å². The van der Waals surface area contributed by atoms with E-state index in [2.05, 4.69) is 10.6 Å². The van der Waals surface area contributed by atoms with E-state index in [-0.39, 0.29) is 11.4 Å². The molecule has 2 aromatic rings. The minimum atomic E-state index is -0.969. The molecule has 2 rings (SSSR count). The summed E-state index contributed by atoms with van der Waals surface area (Å²) in [4.78, 5) is 34.4. The van der Waals surface area contributed by atoms with Crippen LogP contribution in [-0.4, -0.2) is 16.7 Å². The van der Waals surface area contributed by atoms with Crippen molar-refractivity contribution in [1.29, 1.82) is 0 Å². The lowest BCUT2D eigenvalue weighted by Crippen LogP contribution is -2.29. The Kier molecular flexibility index (Phi) is 4.93. The second-order valence-corrected chi connectivity index (χ2v) is 5.46. The summed E-state index contributed by atoms with van der Waals surface area (Å²) in [6.07, 6.45) is 0. The van der Waals surface area contributed by atoms with Crippen molar-refractivity contribution in [1.82, 2.24) is 0 Å². The van der Waals surface area contributed by atoms with Crippen molar-refractivity contribution in [3.8, 4) is 0 Å². The largest absolute Gasteiger partial charge is 0.317 e. The zero-order chi connectivity index (χ0) is 17.9. The van der Waals surface area contributed by atoms with Crippen LogP contribution in [-0.2, 0) is 9.59 Å². The number of hydrogen-bond donors (Lipinski definition) is 2. The highest BCUT2D eigenvalue weighted by Gasteiger charge is 2.20. The smallest absolute Gasteiger partial charge is 0.314 e. The van der Waals surface area contributed by atoms with Crippen LogP contribution in [0.2, 0.25) is 0 Å². The first kappa shape index (κ1) is 17.1. The van der Waals surface area contributed by atoms with Gasteiger partial charge in [-0.25, -0.2) is 0 Å². The number of hydrogen-bond acceptors (Lipinski definition) is 4. The summed E-state index contributed by atoms with van der Waals surface area (Å²) in [6.45, 7) is 5.60. The molecule has 0 atom stereocenters. The average Bonchev–Trinajstić information content (AvgIpc) is 2.50. The molecule has 0 aliphatic carbocycles. The number of para-hydroxylation sites is 2. The van der Waals surface area contributed by atoms with Gasteiger partial charge in [-0.15, -0.1) is 0 Å². The molecule has 7 heteroatoms. The number of aryl methyl sites for hydroxylation is 3. The Labute approximate surface area is 138 Å². The number of nitro groups is 1. The predicted molar refractivity (Wildman–Crippen MR) is 91.0 cm³/mol. The Morgan fingerprint density at radius 1 is 0.958 bits per heavy atom. The minimum absolute atomic E-state index is 0.0278. The molecule has 0 aliphatic heterocycles. The van der Waals surface area contributed by atoms with Gasteiger partial charge in [-0.3, -0.25) is 19.7 Å². The molecule has 0 aliphatic rings. The van der Waals surface area contributed by atoms with E-state index < -0.39 is 16.7 Å². The van der Waals surface area contributed by atoms with Gasteiger partial charge in [-0.05, 0) is 38.0 Å². The van der Waals surface area contributed by atoms with Crippen LogP contribution in [0.3, 0.4) is 0 Å². The van der Waals surface area contributed by atoms with Crippen LogP contribution in [0.5, 0.6) is 0 Å². The van der Waals surface area contributed by atoms with E-state index in [0.717, 1.165) is 16.7 Å². The Morgan fingerprint density at radius 2 is 1.50 bits per heavy atom. The molecular formula is C17H17N3O4. The van der Waals surface area contributed by atoms with Crippen LogP contribution in [0.4, 0.5) is 17.1 Å². The van der Waals surface area contributed by atoms with E-state index in [1.54, 1.807) is 0 Å². The standard InChI is InChI=1S/C17H17N3O4/c1-10-8-11(2)15(12(3)9-10)19-17(22)16(21)18-13-6-4-5-7-14(13)20(23)24/h4-9H,1-3H3,(H,18,21)(H,19,22). The van der Waals surface area contributed by atoms with E-state index in [9.17, 15) is 19.7 Å². The molecule has 24 heavy (non-hydrogen) atoms. The highest BCUT2D eigenvalue weighted by Crippen LogP contribution is 2.24. The van der Waals surface area contributed by atoms with E-state index in [1.807, 2.05) is 32.9 Å². The number of benzene rings is 2. The topological polar surface area (TPSA) is 101 Å². The molecule has 0 heterocycles. The molecule has 0 bridgehead atoms. The molecule has 0 saturated carbocycles. The van der Waals surface area contributed by atoms with Gasteiger partial charge in [0.2, 0.25) is 0 Å². The van der Waals surface area contributed by atoms with E-state index >= 15 is 0 Å². The Morgan fingerprint density at radius 3 is 2.08 bits per heavy atom. The molecule has 0 fully saturated rings. The van der Waals surface area contributed by atoms with Crippen LogP contribution in [0.15, 0.2) is 36.4 Å². The number of anilines is 2. The third kappa shape index (κ3) is 3.75. The third-order valence-electron chi connectivity index (χ3n) is 3.47. The van der Waals surface area contributed by atoms with E-state index in [1.165, 1.54) is 24.3 Å². The van der Waals surface area contributed by atoms with Gasteiger partial charge in [-0.1, -0.05) is 29.8 Å². The quantitative estimate of drug-likeness (QED) is 0.514. The number of amides is 2. The minimum Gasteiger partial charge on any atom is -0.317 e. The molecule has 0 unspecified atom stereocenters. The predicted octanol–water partition coefficient (Wildman–Crippen LogP) is 3.10. The van der Waals surface area contributed by atoms with Crippen LogP contribution in [0.1, 0.15) is 16.7 Å². The summed E-state index contributed by atoms with van der Waals surface area (Å²) < 4.78 is 0. The second kappa shape index (κ2) is 6.91. The lowest BCUT2D eigenvalue weighted by Gasteiger charge is -2.12. The first-order valence-electron chi connectivity index (χ1n) is 7.23. The number of nitrogens with one attached hydrogen (secondary N) is 2. The van der Waals surface area contributed by atoms with Crippen LogP contribution >= 0.6 is 0 Å². The highest BCUT2D eigenvalue weighted by atomic mass is 16.6. The van der Waals surface area contributed by atoms with Gasteiger partial charge in [0, 0.05) is 11.8 Å². The monoisotopic (exact) mass is 327 g/mol. The number of carbonyl (C=O) groups is 2. The first-order valence-corrected chi connectivity index (χ1v) is 7.23. The normalized spacial score (nSPS) is 10.1. The SMILES string of the molecule is Cc1cc(C)c(NC(=O)C(=O)Nc2ccccc2[N+](=O)[O-])c(C)c1. The van der Waals surface area contributed by atoms with Crippen LogP contribution < -0.4 is 10.6 Å². The molecule has 0 radical (unpaired) electrons. The maximum Gasteiger partial charge on any atom is 0.314 e. The van der Waals surface area contributed by atoms with E-state index in [4.69, 9.17) is 0 Å². The molecule has 0 spiro atoms. The lowest BCUT2D eigenvalue weighted by molar-refractivity contribution is -0.383. The fraction of sp³-hybridized carbons (Fsp3) is 0.176. The fourth-order valence-corrected chi connectivity index (χ4v) is 2.47.